The van der Waals surface area contributed by atoms with Gasteiger partial charge in [0, 0.05) is 0 Å². The second-order valence-electron chi connectivity index (χ2n) is 4.37. The largest absolute Gasteiger partial charge is 0.496 e. The molecule has 0 aliphatic carbocycles. The summed E-state index contributed by atoms with van der Waals surface area (Å²) in [5, 5.41) is 3.41. The molecule has 1 N–H and O–H groups in total. The summed E-state index contributed by atoms with van der Waals surface area (Å²) in [4.78, 5) is 0. The van der Waals surface area contributed by atoms with Crippen LogP contribution in [0.5, 0.6) is 5.75 Å². The molecule has 2 heteroatoms. The summed E-state index contributed by atoms with van der Waals surface area (Å²) in [6.45, 7) is 4.46. The molecule has 1 aromatic rings. The molecule has 2 nitrogen and oxygen atoms in total. The highest BCUT2D eigenvalue weighted by molar-refractivity contribution is 5.36. The Labute approximate surface area is 91.6 Å². The molecule has 1 aromatic carbocycles. The highest BCUT2D eigenvalue weighted by Gasteiger charge is 2.14. The van der Waals surface area contributed by atoms with E-state index >= 15 is 0 Å². The predicted molar refractivity (Wildman–Crippen MR) is 62.4 cm³/mol. The summed E-state index contributed by atoms with van der Waals surface area (Å²) < 4.78 is 5.26. The van der Waals surface area contributed by atoms with Crippen LogP contribution in [0.1, 0.15) is 17.5 Å². The number of hydrogen-bond donors (Lipinski definition) is 1. The van der Waals surface area contributed by atoms with E-state index in [1.165, 1.54) is 37.1 Å². The Morgan fingerprint density at radius 1 is 1.47 bits per heavy atom. The Morgan fingerprint density at radius 3 is 2.93 bits per heavy atom. The van der Waals surface area contributed by atoms with Crippen LogP contribution in [0.4, 0.5) is 0 Å². The number of ether oxygens (including phenoxy) is 1. The first kappa shape index (κ1) is 10.5. The van der Waals surface area contributed by atoms with Gasteiger partial charge >= 0.3 is 0 Å². The molecule has 82 valence electrons. The Bertz CT molecular complexity index is 329. The van der Waals surface area contributed by atoms with E-state index < -0.39 is 0 Å². The van der Waals surface area contributed by atoms with Crippen LogP contribution in [0, 0.1) is 12.8 Å². The molecule has 0 aromatic heterocycles. The lowest BCUT2D eigenvalue weighted by atomic mass is 9.97. The molecule has 1 heterocycles. The van der Waals surface area contributed by atoms with Gasteiger partial charge in [0.1, 0.15) is 5.75 Å². The highest BCUT2D eigenvalue weighted by Crippen LogP contribution is 2.21. The van der Waals surface area contributed by atoms with E-state index in [1.807, 2.05) is 0 Å². The van der Waals surface area contributed by atoms with Gasteiger partial charge in [0.2, 0.25) is 0 Å². The van der Waals surface area contributed by atoms with Gasteiger partial charge in [-0.25, -0.2) is 0 Å². The third-order valence-corrected chi connectivity index (χ3v) is 3.15. The number of benzene rings is 1. The Balaban J connectivity index is 2.05. The number of methoxy groups -OCH3 is 1. The molecule has 0 saturated carbocycles. The molecule has 1 atom stereocenters. The molecule has 0 amide bonds. The standard InChI is InChI=1S/C13H19NO/c1-10-7-11(3-4-13(10)15-2)8-12-5-6-14-9-12/h3-4,7,12,14H,5-6,8-9H2,1-2H3. The zero-order chi connectivity index (χ0) is 10.7. The summed E-state index contributed by atoms with van der Waals surface area (Å²) in [7, 11) is 1.73. The zero-order valence-corrected chi connectivity index (χ0v) is 9.55. The Morgan fingerprint density at radius 2 is 2.33 bits per heavy atom. The Hall–Kier alpha value is -1.02. The number of hydrogen-bond acceptors (Lipinski definition) is 2. The van der Waals surface area contributed by atoms with Gasteiger partial charge in [0.05, 0.1) is 7.11 Å². The molecule has 1 aliphatic rings. The van der Waals surface area contributed by atoms with Crippen molar-refractivity contribution in [3.63, 3.8) is 0 Å². The molecule has 2 rings (SSSR count). The van der Waals surface area contributed by atoms with Crippen LogP contribution in [-0.2, 0) is 6.42 Å². The second kappa shape index (κ2) is 4.67. The lowest BCUT2D eigenvalue weighted by Gasteiger charge is -2.10. The molecule has 0 bridgehead atoms. The lowest BCUT2D eigenvalue weighted by Crippen LogP contribution is -2.10. The smallest absolute Gasteiger partial charge is 0.121 e. The topological polar surface area (TPSA) is 21.3 Å². The van der Waals surface area contributed by atoms with E-state index in [1.54, 1.807) is 7.11 Å². The van der Waals surface area contributed by atoms with Crippen molar-refractivity contribution in [2.45, 2.75) is 19.8 Å². The van der Waals surface area contributed by atoms with Crippen molar-refractivity contribution in [2.75, 3.05) is 20.2 Å². The van der Waals surface area contributed by atoms with Gasteiger partial charge in [0.25, 0.3) is 0 Å². The van der Waals surface area contributed by atoms with Gasteiger partial charge < -0.3 is 10.1 Å². The van der Waals surface area contributed by atoms with Crippen molar-refractivity contribution in [3.05, 3.63) is 29.3 Å². The fourth-order valence-electron chi connectivity index (χ4n) is 2.29. The quantitative estimate of drug-likeness (QED) is 0.816. The van der Waals surface area contributed by atoms with Gasteiger partial charge in [-0.05, 0) is 56.0 Å². The van der Waals surface area contributed by atoms with E-state index in [0.29, 0.717) is 0 Å². The van der Waals surface area contributed by atoms with E-state index in [2.05, 4.69) is 30.4 Å². The third-order valence-electron chi connectivity index (χ3n) is 3.15. The van der Waals surface area contributed by atoms with E-state index in [0.717, 1.165) is 11.7 Å². The minimum Gasteiger partial charge on any atom is -0.496 e. The maximum atomic E-state index is 5.26. The average molecular weight is 205 g/mol. The number of aryl methyl sites for hydroxylation is 1. The summed E-state index contributed by atoms with van der Waals surface area (Å²) in [5.41, 5.74) is 2.67. The molecular weight excluding hydrogens is 186 g/mol. The summed E-state index contributed by atoms with van der Waals surface area (Å²) in [6, 6.07) is 6.51. The van der Waals surface area contributed by atoms with Crippen LogP contribution in [0.2, 0.25) is 0 Å². The van der Waals surface area contributed by atoms with Crippen LogP contribution in [-0.4, -0.2) is 20.2 Å². The first-order valence-electron chi connectivity index (χ1n) is 5.64. The minimum absolute atomic E-state index is 0.817. The summed E-state index contributed by atoms with van der Waals surface area (Å²) >= 11 is 0. The maximum Gasteiger partial charge on any atom is 0.121 e. The third kappa shape index (κ3) is 2.51. The van der Waals surface area contributed by atoms with Crippen molar-refractivity contribution < 1.29 is 4.74 Å². The summed E-state index contributed by atoms with van der Waals surface area (Å²) in [5.74, 6) is 1.81. The van der Waals surface area contributed by atoms with Gasteiger partial charge in [-0.2, -0.15) is 0 Å². The van der Waals surface area contributed by atoms with Crippen LogP contribution in [0.25, 0.3) is 0 Å². The molecule has 1 saturated heterocycles. The SMILES string of the molecule is COc1ccc(CC2CCNC2)cc1C. The van der Waals surface area contributed by atoms with Gasteiger partial charge in [-0.3, -0.25) is 0 Å². The first-order chi connectivity index (χ1) is 7.29. The molecule has 0 radical (unpaired) electrons. The highest BCUT2D eigenvalue weighted by atomic mass is 16.5. The first-order valence-corrected chi connectivity index (χ1v) is 5.64. The fraction of sp³-hybridized carbons (Fsp3) is 0.538. The molecular formula is C13H19NO. The molecule has 1 fully saturated rings. The number of rotatable bonds is 3. The monoisotopic (exact) mass is 205 g/mol. The minimum atomic E-state index is 0.817. The van der Waals surface area contributed by atoms with Gasteiger partial charge in [0.15, 0.2) is 0 Å². The maximum absolute atomic E-state index is 5.26. The normalized spacial score (nSPS) is 20.5. The number of nitrogens with one attached hydrogen (secondary N) is 1. The van der Waals surface area contributed by atoms with Gasteiger partial charge in [-0.1, -0.05) is 12.1 Å². The molecule has 1 unspecified atom stereocenters. The van der Waals surface area contributed by atoms with E-state index in [-0.39, 0.29) is 0 Å². The van der Waals surface area contributed by atoms with Crippen molar-refractivity contribution in [1.82, 2.24) is 5.32 Å². The van der Waals surface area contributed by atoms with E-state index in [4.69, 9.17) is 4.74 Å². The van der Waals surface area contributed by atoms with Crippen molar-refractivity contribution in [2.24, 2.45) is 5.92 Å². The average Bonchev–Trinajstić information content (AvgIpc) is 2.71. The lowest BCUT2D eigenvalue weighted by molar-refractivity contribution is 0.411. The predicted octanol–water partition coefficient (Wildman–Crippen LogP) is 2.16. The van der Waals surface area contributed by atoms with Crippen molar-refractivity contribution >= 4 is 0 Å². The fourth-order valence-corrected chi connectivity index (χ4v) is 2.29. The zero-order valence-electron chi connectivity index (χ0n) is 9.55. The van der Waals surface area contributed by atoms with Crippen LogP contribution in [0.15, 0.2) is 18.2 Å². The second-order valence-corrected chi connectivity index (χ2v) is 4.37. The molecule has 15 heavy (non-hydrogen) atoms. The molecule has 0 spiro atoms. The van der Waals surface area contributed by atoms with Crippen LogP contribution in [0.3, 0.4) is 0 Å². The Kier molecular flexibility index (Phi) is 3.27. The summed E-state index contributed by atoms with van der Waals surface area (Å²) in [6.07, 6.45) is 2.50. The van der Waals surface area contributed by atoms with Gasteiger partial charge in [-0.15, -0.1) is 0 Å². The van der Waals surface area contributed by atoms with Crippen molar-refractivity contribution in [3.8, 4) is 5.75 Å². The van der Waals surface area contributed by atoms with Crippen LogP contribution >= 0.6 is 0 Å². The van der Waals surface area contributed by atoms with E-state index in [9.17, 15) is 0 Å². The molecule has 1 aliphatic heterocycles. The van der Waals surface area contributed by atoms with Crippen molar-refractivity contribution in [1.29, 1.82) is 0 Å². The van der Waals surface area contributed by atoms with Crippen LogP contribution < -0.4 is 10.1 Å².